The highest BCUT2D eigenvalue weighted by atomic mass is 16.5. The molecule has 0 unspecified atom stereocenters. The first-order valence-electron chi connectivity index (χ1n) is 8.41. The molecule has 0 saturated heterocycles. The summed E-state index contributed by atoms with van der Waals surface area (Å²) in [6.45, 7) is 4.32. The fraction of sp³-hybridized carbons (Fsp3) is 0.500. The highest BCUT2D eigenvalue weighted by Gasteiger charge is 2.42. The molecule has 24 heavy (non-hydrogen) atoms. The van der Waals surface area contributed by atoms with Crippen LogP contribution in [-0.4, -0.2) is 22.1 Å². The minimum absolute atomic E-state index is 0.132. The van der Waals surface area contributed by atoms with Crippen molar-refractivity contribution in [2.24, 2.45) is 5.41 Å². The Kier molecular flexibility index (Phi) is 4.55. The second kappa shape index (κ2) is 6.63. The molecular weight excluding hydrogens is 306 g/mol. The molecule has 1 atom stereocenters. The zero-order valence-electron chi connectivity index (χ0n) is 14.1. The topological polar surface area (TPSA) is 88.0 Å². The number of H-pyrrole nitrogens is 1. The molecule has 1 heterocycles. The van der Waals surface area contributed by atoms with Gasteiger partial charge in [0.05, 0.1) is 0 Å². The molecule has 1 fully saturated rings. The normalized spacial score (nSPS) is 16.6. The van der Waals surface area contributed by atoms with Gasteiger partial charge in [0, 0.05) is 18.0 Å². The molecule has 1 amide bonds. The number of carbonyl (C=O) groups is 1. The van der Waals surface area contributed by atoms with E-state index in [0.717, 1.165) is 24.0 Å². The van der Waals surface area contributed by atoms with Gasteiger partial charge in [0.15, 0.2) is 5.82 Å². The second-order valence-corrected chi connectivity index (χ2v) is 6.94. The average Bonchev–Trinajstić information content (AvgIpc) is 3.17. The smallest absolute Gasteiger partial charge is 0.353 e. The number of benzene rings is 1. The molecule has 1 aromatic heterocycles. The summed E-state index contributed by atoms with van der Waals surface area (Å²) in [5, 5.41) is 6.77. The highest BCUT2D eigenvalue weighted by molar-refractivity contribution is 5.76. The number of carbonyl (C=O) groups excluding carboxylic acids is 1. The Morgan fingerprint density at radius 1 is 1.38 bits per heavy atom. The van der Waals surface area contributed by atoms with Crippen LogP contribution in [0.3, 0.4) is 0 Å². The van der Waals surface area contributed by atoms with Gasteiger partial charge in [0.1, 0.15) is 0 Å². The standard InChI is InChI=1S/C18H23N3O3/c1-12(18(2)10-11-18)19-15(22)5-3-4-13-6-8-14(9-7-13)16-20-17(23)24-21-16/h6-9,12H,3-5,10-11H2,1-2H3,(H,19,22)(H,20,21,23)/t12-/m1/s1. The molecule has 2 N–H and O–H groups in total. The van der Waals surface area contributed by atoms with E-state index in [1.807, 2.05) is 24.3 Å². The summed E-state index contributed by atoms with van der Waals surface area (Å²) in [7, 11) is 0. The van der Waals surface area contributed by atoms with Crippen LogP contribution in [0.25, 0.3) is 11.4 Å². The molecule has 0 aliphatic heterocycles. The maximum Gasteiger partial charge on any atom is 0.439 e. The van der Waals surface area contributed by atoms with E-state index in [9.17, 15) is 9.59 Å². The summed E-state index contributed by atoms with van der Waals surface area (Å²) in [6, 6.07) is 7.99. The number of aromatic amines is 1. The van der Waals surface area contributed by atoms with Crippen LogP contribution in [0.1, 0.15) is 45.1 Å². The predicted octanol–water partition coefficient (Wildman–Crippen LogP) is 2.66. The van der Waals surface area contributed by atoms with Crippen molar-refractivity contribution in [1.82, 2.24) is 15.5 Å². The number of aryl methyl sites for hydroxylation is 1. The molecule has 1 saturated carbocycles. The molecule has 128 valence electrons. The van der Waals surface area contributed by atoms with Gasteiger partial charge in [0.2, 0.25) is 5.91 Å². The number of rotatable bonds is 7. The Balaban J connectivity index is 1.45. The molecule has 6 nitrogen and oxygen atoms in total. The maximum atomic E-state index is 12.0. The van der Waals surface area contributed by atoms with Gasteiger partial charge in [-0.05, 0) is 43.6 Å². The molecule has 3 rings (SSSR count). The molecule has 6 heteroatoms. The minimum atomic E-state index is -0.561. The lowest BCUT2D eigenvalue weighted by molar-refractivity contribution is -0.122. The van der Waals surface area contributed by atoms with Crippen molar-refractivity contribution in [3.05, 3.63) is 40.4 Å². The molecule has 0 bridgehead atoms. The number of hydrogen-bond donors (Lipinski definition) is 2. The number of nitrogens with one attached hydrogen (secondary N) is 2. The first kappa shape index (κ1) is 16.5. The van der Waals surface area contributed by atoms with E-state index in [-0.39, 0.29) is 11.9 Å². The fourth-order valence-electron chi connectivity index (χ4n) is 2.75. The van der Waals surface area contributed by atoms with Crippen molar-refractivity contribution in [3.8, 4) is 11.4 Å². The molecule has 2 aromatic rings. The Labute approximate surface area is 140 Å². The monoisotopic (exact) mass is 329 g/mol. The Morgan fingerprint density at radius 2 is 2.08 bits per heavy atom. The zero-order chi connectivity index (χ0) is 17.2. The van der Waals surface area contributed by atoms with Gasteiger partial charge in [-0.3, -0.25) is 14.3 Å². The van der Waals surface area contributed by atoms with E-state index in [0.29, 0.717) is 17.7 Å². The Hall–Kier alpha value is -2.37. The Bertz CT molecular complexity index is 756. The third kappa shape index (κ3) is 3.93. The van der Waals surface area contributed by atoms with Crippen LogP contribution in [-0.2, 0) is 11.2 Å². The molecule has 0 radical (unpaired) electrons. The van der Waals surface area contributed by atoms with Crippen LogP contribution < -0.4 is 11.1 Å². The molecular formula is C18H23N3O3. The summed E-state index contributed by atoms with van der Waals surface area (Å²) in [6.07, 6.45) is 4.61. The molecule has 1 aliphatic rings. The van der Waals surface area contributed by atoms with Crippen molar-refractivity contribution in [2.75, 3.05) is 0 Å². The van der Waals surface area contributed by atoms with E-state index in [1.165, 1.54) is 12.8 Å². The number of hydrogen-bond acceptors (Lipinski definition) is 4. The maximum absolute atomic E-state index is 12.0. The van der Waals surface area contributed by atoms with Crippen molar-refractivity contribution < 1.29 is 9.32 Å². The van der Waals surface area contributed by atoms with Gasteiger partial charge in [-0.25, -0.2) is 4.79 Å². The molecule has 1 aromatic carbocycles. The van der Waals surface area contributed by atoms with Crippen LogP contribution >= 0.6 is 0 Å². The van der Waals surface area contributed by atoms with Crippen LogP contribution in [0.5, 0.6) is 0 Å². The number of nitrogens with zero attached hydrogens (tertiary/aromatic N) is 1. The summed E-state index contributed by atoms with van der Waals surface area (Å²) in [5.41, 5.74) is 2.27. The fourth-order valence-corrected chi connectivity index (χ4v) is 2.75. The first-order chi connectivity index (χ1) is 11.5. The molecule has 1 aliphatic carbocycles. The summed E-state index contributed by atoms with van der Waals surface area (Å²) in [4.78, 5) is 25.5. The van der Waals surface area contributed by atoms with Crippen molar-refractivity contribution in [3.63, 3.8) is 0 Å². The van der Waals surface area contributed by atoms with E-state index >= 15 is 0 Å². The minimum Gasteiger partial charge on any atom is -0.353 e. The third-order valence-electron chi connectivity index (χ3n) is 5.00. The predicted molar refractivity (Wildman–Crippen MR) is 90.4 cm³/mol. The largest absolute Gasteiger partial charge is 0.439 e. The van der Waals surface area contributed by atoms with Gasteiger partial charge < -0.3 is 5.32 Å². The lowest BCUT2D eigenvalue weighted by Crippen LogP contribution is -2.37. The van der Waals surface area contributed by atoms with Crippen molar-refractivity contribution in [2.45, 2.75) is 52.0 Å². The lowest BCUT2D eigenvalue weighted by Gasteiger charge is -2.20. The summed E-state index contributed by atoms with van der Waals surface area (Å²) >= 11 is 0. The van der Waals surface area contributed by atoms with E-state index in [2.05, 4.69) is 33.8 Å². The van der Waals surface area contributed by atoms with Gasteiger partial charge >= 0.3 is 5.76 Å². The van der Waals surface area contributed by atoms with Gasteiger partial charge in [0.25, 0.3) is 0 Å². The Morgan fingerprint density at radius 3 is 2.67 bits per heavy atom. The lowest BCUT2D eigenvalue weighted by atomic mass is 10.0. The van der Waals surface area contributed by atoms with Gasteiger partial charge in [-0.2, -0.15) is 0 Å². The summed E-state index contributed by atoms with van der Waals surface area (Å²) < 4.78 is 4.49. The number of aromatic nitrogens is 2. The van der Waals surface area contributed by atoms with E-state index < -0.39 is 5.76 Å². The van der Waals surface area contributed by atoms with E-state index in [4.69, 9.17) is 0 Å². The van der Waals surface area contributed by atoms with Gasteiger partial charge in [-0.15, -0.1) is 0 Å². The van der Waals surface area contributed by atoms with Crippen molar-refractivity contribution >= 4 is 5.91 Å². The highest BCUT2D eigenvalue weighted by Crippen LogP contribution is 2.47. The van der Waals surface area contributed by atoms with Crippen LogP contribution in [0, 0.1) is 5.41 Å². The average molecular weight is 329 g/mol. The molecule has 0 spiro atoms. The third-order valence-corrected chi connectivity index (χ3v) is 5.00. The van der Waals surface area contributed by atoms with Gasteiger partial charge in [-0.1, -0.05) is 36.3 Å². The van der Waals surface area contributed by atoms with Crippen LogP contribution in [0.4, 0.5) is 0 Å². The quantitative estimate of drug-likeness (QED) is 0.817. The SMILES string of the molecule is C[C@@H](NC(=O)CCCc1ccc(-c2noc(=O)[nH]2)cc1)C1(C)CC1. The zero-order valence-corrected chi connectivity index (χ0v) is 14.1. The number of amides is 1. The first-order valence-corrected chi connectivity index (χ1v) is 8.41. The van der Waals surface area contributed by atoms with Crippen LogP contribution in [0.15, 0.2) is 33.6 Å². The second-order valence-electron chi connectivity index (χ2n) is 6.94. The van der Waals surface area contributed by atoms with Crippen LogP contribution in [0.2, 0.25) is 0 Å². The van der Waals surface area contributed by atoms with Crippen molar-refractivity contribution in [1.29, 1.82) is 0 Å². The summed E-state index contributed by atoms with van der Waals surface area (Å²) in [5.74, 6) is -0.00437. The van der Waals surface area contributed by atoms with E-state index in [1.54, 1.807) is 0 Å².